The predicted octanol–water partition coefficient (Wildman–Crippen LogP) is 2.27. The first kappa shape index (κ1) is 14.6. The van der Waals surface area contributed by atoms with Gasteiger partial charge in [0.25, 0.3) is 0 Å². The third kappa shape index (κ3) is 3.60. The SMILES string of the molecule is N#CCCNc1nccc(C(C=O)c2ccccc2F)n1. The summed E-state index contributed by atoms with van der Waals surface area (Å²) >= 11 is 0. The van der Waals surface area contributed by atoms with Gasteiger partial charge in [-0.2, -0.15) is 5.26 Å². The number of nitriles is 1. The zero-order valence-electron chi connectivity index (χ0n) is 11.2. The number of carbonyl (C=O) groups excluding carboxylic acids is 1. The Hall–Kier alpha value is -2.81. The maximum atomic E-state index is 13.8. The van der Waals surface area contributed by atoms with E-state index in [0.29, 0.717) is 30.9 Å². The maximum Gasteiger partial charge on any atom is 0.222 e. The number of halogens is 1. The summed E-state index contributed by atoms with van der Waals surface area (Å²) in [6.07, 6.45) is 2.46. The standard InChI is InChI=1S/C15H13FN4O/c16-13-5-2-1-4-11(13)12(10-21)14-6-9-19-15(20-14)18-8-3-7-17/h1-2,4-6,9-10,12H,3,8H2,(H,18,19,20). The van der Waals surface area contributed by atoms with Gasteiger partial charge in [0.1, 0.15) is 12.1 Å². The van der Waals surface area contributed by atoms with Gasteiger partial charge in [0.2, 0.25) is 5.95 Å². The van der Waals surface area contributed by atoms with E-state index in [-0.39, 0.29) is 5.56 Å². The molecule has 0 aliphatic carbocycles. The number of benzene rings is 1. The van der Waals surface area contributed by atoms with E-state index in [1.54, 1.807) is 24.3 Å². The summed E-state index contributed by atoms with van der Waals surface area (Å²) in [4.78, 5) is 19.5. The summed E-state index contributed by atoms with van der Waals surface area (Å²) in [5.74, 6) is -0.927. The summed E-state index contributed by atoms with van der Waals surface area (Å²) < 4.78 is 13.8. The summed E-state index contributed by atoms with van der Waals surface area (Å²) in [6, 6.07) is 9.66. The lowest BCUT2D eigenvalue weighted by Gasteiger charge is -2.12. The van der Waals surface area contributed by atoms with Crippen LogP contribution in [-0.4, -0.2) is 22.8 Å². The van der Waals surface area contributed by atoms with Crippen molar-refractivity contribution in [1.82, 2.24) is 9.97 Å². The van der Waals surface area contributed by atoms with Gasteiger partial charge in [0, 0.05) is 18.3 Å². The minimum absolute atomic E-state index is 0.272. The molecule has 0 spiro atoms. The summed E-state index contributed by atoms with van der Waals surface area (Å²) in [6.45, 7) is 0.408. The number of aldehydes is 1. The quantitative estimate of drug-likeness (QED) is 0.650. The van der Waals surface area contributed by atoms with E-state index in [4.69, 9.17) is 5.26 Å². The van der Waals surface area contributed by atoms with Gasteiger partial charge in [-0.05, 0) is 12.1 Å². The van der Waals surface area contributed by atoms with Crippen LogP contribution in [0, 0.1) is 17.1 Å². The molecule has 0 aliphatic heterocycles. The Bertz CT molecular complexity index is 669. The Morgan fingerprint density at radius 3 is 2.90 bits per heavy atom. The van der Waals surface area contributed by atoms with Crippen molar-refractivity contribution in [2.75, 3.05) is 11.9 Å². The molecule has 1 heterocycles. The largest absolute Gasteiger partial charge is 0.353 e. The maximum absolute atomic E-state index is 13.8. The average molecular weight is 284 g/mol. The Kier molecular flexibility index (Phi) is 4.94. The van der Waals surface area contributed by atoms with Crippen LogP contribution in [0.25, 0.3) is 0 Å². The molecule has 5 nitrogen and oxygen atoms in total. The van der Waals surface area contributed by atoms with Crippen molar-refractivity contribution in [2.45, 2.75) is 12.3 Å². The molecule has 1 atom stereocenters. The molecule has 106 valence electrons. The molecule has 6 heteroatoms. The molecule has 0 fully saturated rings. The fourth-order valence-corrected chi connectivity index (χ4v) is 1.89. The number of hydrogen-bond donors (Lipinski definition) is 1. The van der Waals surface area contributed by atoms with Crippen LogP contribution in [0.3, 0.4) is 0 Å². The third-order valence-electron chi connectivity index (χ3n) is 2.89. The van der Waals surface area contributed by atoms with E-state index in [1.165, 1.54) is 12.3 Å². The van der Waals surface area contributed by atoms with Crippen molar-refractivity contribution in [3.8, 4) is 6.07 Å². The zero-order valence-corrected chi connectivity index (χ0v) is 11.2. The predicted molar refractivity (Wildman–Crippen MR) is 75.1 cm³/mol. The molecular formula is C15H13FN4O. The van der Waals surface area contributed by atoms with Crippen molar-refractivity contribution in [3.63, 3.8) is 0 Å². The number of carbonyl (C=O) groups is 1. The molecule has 0 amide bonds. The lowest BCUT2D eigenvalue weighted by molar-refractivity contribution is -0.108. The lowest BCUT2D eigenvalue weighted by atomic mass is 9.96. The number of nitrogens with one attached hydrogen (secondary N) is 1. The molecule has 0 saturated carbocycles. The second kappa shape index (κ2) is 7.10. The fraction of sp³-hybridized carbons (Fsp3) is 0.200. The van der Waals surface area contributed by atoms with Gasteiger partial charge < -0.3 is 10.1 Å². The normalized spacial score (nSPS) is 11.4. The topological polar surface area (TPSA) is 78.7 Å². The summed E-state index contributed by atoms with van der Waals surface area (Å²) in [5.41, 5.74) is 0.679. The average Bonchev–Trinajstić information content (AvgIpc) is 2.51. The minimum Gasteiger partial charge on any atom is -0.353 e. The van der Waals surface area contributed by atoms with Gasteiger partial charge in [-0.1, -0.05) is 18.2 Å². The van der Waals surface area contributed by atoms with E-state index < -0.39 is 11.7 Å². The van der Waals surface area contributed by atoms with Gasteiger partial charge in [-0.15, -0.1) is 0 Å². The van der Waals surface area contributed by atoms with Crippen LogP contribution in [0.4, 0.5) is 10.3 Å². The molecule has 1 aromatic heterocycles. The Morgan fingerprint density at radius 2 is 2.19 bits per heavy atom. The van der Waals surface area contributed by atoms with Crippen molar-refractivity contribution >= 4 is 12.2 Å². The molecular weight excluding hydrogens is 271 g/mol. The van der Waals surface area contributed by atoms with E-state index in [2.05, 4.69) is 15.3 Å². The van der Waals surface area contributed by atoms with E-state index in [0.717, 1.165) is 0 Å². The molecule has 0 bridgehead atoms. The second-order valence-electron chi connectivity index (χ2n) is 4.28. The first-order chi connectivity index (χ1) is 10.3. The highest BCUT2D eigenvalue weighted by Crippen LogP contribution is 2.23. The van der Waals surface area contributed by atoms with Crippen LogP contribution in [0.15, 0.2) is 36.5 Å². The van der Waals surface area contributed by atoms with Crippen LogP contribution < -0.4 is 5.32 Å². The number of hydrogen-bond acceptors (Lipinski definition) is 5. The number of rotatable bonds is 6. The first-order valence-electron chi connectivity index (χ1n) is 6.39. The minimum atomic E-state index is -0.786. The van der Waals surface area contributed by atoms with Crippen LogP contribution in [0.5, 0.6) is 0 Å². The van der Waals surface area contributed by atoms with E-state index >= 15 is 0 Å². The summed E-state index contributed by atoms with van der Waals surface area (Å²) in [7, 11) is 0. The molecule has 1 aromatic carbocycles. The molecule has 2 rings (SSSR count). The Balaban J connectivity index is 2.27. The second-order valence-corrected chi connectivity index (χ2v) is 4.28. The van der Waals surface area contributed by atoms with Crippen LogP contribution in [0.1, 0.15) is 23.6 Å². The molecule has 1 unspecified atom stereocenters. The van der Waals surface area contributed by atoms with Crippen molar-refractivity contribution in [3.05, 3.63) is 53.6 Å². The smallest absolute Gasteiger partial charge is 0.222 e. The molecule has 21 heavy (non-hydrogen) atoms. The molecule has 0 saturated heterocycles. The van der Waals surface area contributed by atoms with Gasteiger partial charge in [-0.25, -0.2) is 14.4 Å². The van der Waals surface area contributed by atoms with Crippen LogP contribution in [0.2, 0.25) is 0 Å². The monoisotopic (exact) mass is 284 g/mol. The van der Waals surface area contributed by atoms with Crippen molar-refractivity contribution in [1.29, 1.82) is 5.26 Å². The molecule has 1 N–H and O–H groups in total. The fourth-order valence-electron chi connectivity index (χ4n) is 1.89. The zero-order chi connectivity index (χ0) is 15.1. The van der Waals surface area contributed by atoms with Crippen molar-refractivity contribution < 1.29 is 9.18 Å². The molecule has 0 radical (unpaired) electrons. The van der Waals surface area contributed by atoms with E-state index in [9.17, 15) is 9.18 Å². The van der Waals surface area contributed by atoms with Gasteiger partial charge >= 0.3 is 0 Å². The van der Waals surface area contributed by atoms with Crippen LogP contribution >= 0.6 is 0 Å². The third-order valence-corrected chi connectivity index (χ3v) is 2.89. The van der Waals surface area contributed by atoms with Crippen molar-refractivity contribution in [2.24, 2.45) is 0 Å². The number of anilines is 1. The molecule has 0 aliphatic rings. The number of nitrogens with zero attached hydrogens (tertiary/aromatic N) is 3. The highest BCUT2D eigenvalue weighted by molar-refractivity contribution is 5.67. The van der Waals surface area contributed by atoms with Gasteiger partial charge in [0.15, 0.2) is 0 Å². The summed E-state index contributed by atoms with van der Waals surface area (Å²) in [5, 5.41) is 11.4. The highest BCUT2D eigenvalue weighted by atomic mass is 19.1. The Morgan fingerprint density at radius 1 is 1.38 bits per heavy atom. The first-order valence-corrected chi connectivity index (χ1v) is 6.39. The highest BCUT2D eigenvalue weighted by Gasteiger charge is 2.18. The number of aromatic nitrogens is 2. The lowest BCUT2D eigenvalue weighted by Crippen LogP contribution is -2.11. The Labute approximate surface area is 121 Å². The molecule has 2 aromatic rings. The van der Waals surface area contributed by atoms with Crippen LogP contribution in [-0.2, 0) is 4.79 Å². The van der Waals surface area contributed by atoms with E-state index in [1.807, 2.05) is 6.07 Å². The van der Waals surface area contributed by atoms with Gasteiger partial charge in [-0.3, -0.25) is 0 Å². The van der Waals surface area contributed by atoms with Gasteiger partial charge in [0.05, 0.1) is 24.1 Å².